The minimum Gasteiger partial charge on any atom is -0.396 e. The summed E-state index contributed by atoms with van der Waals surface area (Å²) < 4.78 is 5.02. The normalized spacial score (nSPS) is 19.2. The number of hydrogen-bond acceptors (Lipinski definition) is 4. The standard InChI is InChI=1S/C9H18N2O3/c1-14-8(3-10)2-9(13)11-4-7(5-11)6-12/h7-8,12H,2-6,10H2,1H3. The fraction of sp³-hybridized carbons (Fsp3) is 0.889. The lowest BCUT2D eigenvalue weighted by molar-refractivity contribution is -0.140. The highest BCUT2D eigenvalue weighted by Crippen LogP contribution is 2.16. The van der Waals surface area contributed by atoms with Crippen molar-refractivity contribution in [1.29, 1.82) is 0 Å². The lowest BCUT2D eigenvalue weighted by atomic mass is 10.0. The van der Waals surface area contributed by atoms with Crippen molar-refractivity contribution in [2.45, 2.75) is 12.5 Å². The summed E-state index contributed by atoms with van der Waals surface area (Å²) in [7, 11) is 1.55. The summed E-state index contributed by atoms with van der Waals surface area (Å²) in [6.07, 6.45) is 0.154. The zero-order valence-corrected chi connectivity index (χ0v) is 8.48. The molecular weight excluding hydrogens is 184 g/mol. The van der Waals surface area contributed by atoms with Crippen LogP contribution in [0.1, 0.15) is 6.42 Å². The van der Waals surface area contributed by atoms with Crippen molar-refractivity contribution in [3.8, 4) is 0 Å². The van der Waals surface area contributed by atoms with Crippen molar-refractivity contribution in [2.24, 2.45) is 11.7 Å². The van der Waals surface area contributed by atoms with Gasteiger partial charge in [-0.1, -0.05) is 0 Å². The van der Waals surface area contributed by atoms with Gasteiger partial charge in [-0.25, -0.2) is 0 Å². The highest BCUT2D eigenvalue weighted by Gasteiger charge is 2.30. The smallest absolute Gasteiger partial charge is 0.225 e. The molecule has 0 radical (unpaired) electrons. The molecule has 1 saturated heterocycles. The van der Waals surface area contributed by atoms with E-state index in [1.54, 1.807) is 12.0 Å². The Labute approximate surface area is 83.8 Å². The first-order valence-electron chi connectivity index (χ1n) is 4.82. The largest absolute Gasteiger partial charge is 0.396 e. The van der Waals surface area contributed by atoms with Crippen LogP contribution < -0.4 is 5.73 Å². The average molecular weight is 202 g/mol. The van der Waals surface area contributed by atoms with E-state index in [0.717, 1.165) is 0 Å². The zero-order valence-electron chi connectivity index (χ0n) is 8.48. The maximum atomic E-state index is 11.5. The molecule has 1 unspecified atom stereocenters. The number of methoxy groups -OCH3 is 1. The number of likely N-dealkylation sites (tertiary alicyclic amines) is 1. The highest BCUT2D eigenvalue weighted by atomic mass is 16.5. The van der Waals surface area contributed by atoms with E-state index in [4.69, 9.17) is 15.6 Å². The Morgan fingerprint density at radius 2 is 2.36 bits per heavy atom. The van der Waals surface area contributed by atoms with Crippen LogP contribution in [-0.2, 0) is 9.53 Å². The molecule has 1 heterocycles. The maximum absolute atomic E-state index is 11.5. The molecule has 82 valence electrons. The van der Waals surface area contributed by atoms with E-state index in [9.17, 15) is 4.79 Å². The van der Waals surface area contributed by atoms with Gasteiger partial charge in [0.05, 0.1) is 12.5 Å². The third-order valence-electron chi connectivity index (χ3n) is 2.57. The molecule has 1 fully saturated rings. The first-order valence-corrected chi connectivity index (χ1v) is 4.82. The summed E-state index contributed by atoms with van der Waals surface area (Å²) in [5, 5.41) is 8.78. The topological polar surface area (TPSA) is 75.8 Å². The number of amides is 1. The molecule has 0 aliphatic carbocycles. The van der Waals surface area contributed by atoms with Crippen LogP contribution in [0.5, 0.6) is 0 Å². The van der Waals surface area contributed by atoms with Crippen LogP contribution in [0, 0.1) is 5.92 Å². The van der Waals surface area contributed by atoms with E-state index in [2.05, 4.69) is 0 Å². The Kier molecular flexibility index (Phi) is 4.31. The molecule has 0 aromatic heterocycles. The molecule has 1 aliphatic rings. The van der Waals surface area contributed by atoms with Gasteiger partial charge in [0.2, 0.25) is 5.91 Å². The Morgan fingerprint density at radius 1 is 1.71 bits per heavy atom. The van der Waals surface area contributed by atoms with Crippen molar-refractivity contribution >= 4 is 5.91 Å². The number of nitrogens with zero attached hydrogens (tertiary/aromatic N) is 1. The van der Waals surface area contributed by atoms with E-state index in [0.29, 0.717) is 26.1 Å². The lowest BCUT2D eigenvalue weighted by Crippen LogP contribution is -2.52. The van der Waals surface area contributed by atoms with Gasteiger partial charge >= 0.3 is 0 Å². The number of aliphatic hydroxyl groups excluding tert-OH is 1. The monoisotopic (exact) mass is 202 g/mol. The van der Waals surface area contributed by atoms with Crippen LogP contribution in [0.25, 0.3) is 0 Å². The van der Waals surface area contributed by atoms with Gasteiger partial charge in [-0.3, -0.25) is 4.79 Å². The van der Waals surface area contributed by atoms with Crippen LogP contribution in [0.4, 0.5) is 0 Å². The summed E-state index contributed by atoms with van der Waals surface area (Å²) in [4.78, 5) is 13.2. The zero-order chi connectivity index (χ0) is 10.6. The number of ether oxygens (including phenoxy) is 1. The van der Waals surface area contributed by atoms with Crippen LogP contribution in [-0.4, -0.2) is 55.4 Å². The molecule has 0 aromatic carbocycles. The van der Waals surface area contributed by atoms with E-state index in [1.807, 2.05) is 0 Å². The number of hydrogen-bond donors (Lipinski definition) is 2. The molecule has 0 saturated carbocycles. The second kappa shape index (κ2) is 5.29. The van der Waals surface area contributed by atoms with Crippen LogP contribution in [0.15, 0.2) is 0 Å². The van der Waals surface area contributed by atoms with Crippen LogP contribution in [0.2, 0.25) is 0 Å². The summed E-state index contributed by atoms with van der Waals surface area (Å²) in [5.41, 5.74) is 5.41. The molecular formula is C9H18N2O3. The molecule has 14 heavy (non-hydrogen) atoms. The van der Waals surface area contributed by atoms with Gasteiger partial charge in [-0.15, -0.1) is 0 Å². The lowest BCUT2D eigenvalue weighted by Gasteiger charge is -2.38. The minimum atomic E-state index is -0.185. The number of nitrogens with two attached hydrogens (primary N) is 1. The maximum Gasteiger partial charge on any atom is 0.225 e. The number of rotatable bonds is 5. The van der Waals surface area contributed by atoms with Crippen molar-refractivity contribution in [2.75, 3.05) is 33.4 Å². The predicted molar refractivity (Wildman–Crippen MR) is 51.6 cm³/mol. The van der Waals surface area contributed by atoms with E-state index >= 15 is 0 Å². The second-order valence-corrected chi connectivity index (χ2v) is 3.64. The van der Waals surface area contributed by atoms with Crippen LogP contribution in [0.3, 0.4) is 0 Å². The van der Waals surface area contributed by atoms with E-state index < -0.39 is 0 Å². The van der Waals surface area contributed by atoms with Gasteiger partial charge in [0.1, 0.15) is 0 Å². The van der Waals surface area contributed by atoms with Crippen molar-refractivity contribution in [3.63, 3.8) is 0 Å². The molecule has 1 atom stereocenters. The molecule has 1 rings (SSSR count). The van der Waals surface area contributed by atoms with Crippen LogP contribution >= 0.6 is 0 Å². The molecule has 5 heteroatoms. The van der Waals surface area contributed by atoms with Gasteiger partial charge in [-0.05, 0) is 0 Å². The fourth-order valence-electron chi connectivity index (χ4n) is 1.48. The SMILES string of the molecule is COC(CN)CC(=O)N1CC(CO)C1. The first kappa shape index (κ1) is 11.4. The highest BCUT2D eigenvalue weighted by molar-refractivity contribution is 5.77. The number of carbonyl (C=O) groups is 1. The summed E-state index contributed by atoms with van der Waals surface area (Å²) >= 11 is 0. The van der Waals surface area contributed by atoms with Gasteiger partial charge in [0.25, 0.3) is 0 Å². The quantitative estimate of drug-likeness (QED) is 0.587. The van der Waals surface area contributed by atoms with Gasteiger partial charge in [0.15, 0.2) is 0 Å². The van der Waals surface area contributed by atoms with Crippen molar-refractivity contribution in [1.82, 2.24) is 4.90 Å². The minimum absolute atomic E-state index is 0.0620. The molecule has 0 aromatic rings. The third-order valence-corrected chi connectivity index (χ3v) is 2.57. The molecule has 3 N–H and O–H groups in total. The average Bonchev–Trinajstić information content (AvgIpc) is 2.12. The number of aliphatic hydroxyl groups is 1. The summed E-state index contributed by atoms with van der Waals surface area (Å²) in [5.74, 6) is 0.324. The molecule has 0 spiro atoms. The molecule has 5 nitrogen and oxygen atoms in total. The first-order chi connectivity index (χ1) is 6.71. The number of carbonyl (C=O) groups excluding carboxylic acids is 1. The summed E-state index contributed by atoms with van der Waals surface area (Å²) in [6.45, 7) is 1.85. The Bertz CT molecular complexity index is 188. The molecule has 1 aliphatic heterocycles. The fourth-order valence-corrected chi connectivity index (χ4v) is 1.48. The Morgan fingerprint density at radius 3 is 2.79 bits per heavy atom. The van der Waals surface area contributed by atoms with E-state index in [1.165, 1.54) is 0 Å². The van der Waals surface area contributed by atoms with Crippen molar-refractivity contribution < 1.29 is 14.6 Å². The van der Waals surface area contributed by atoms with Gasteiger partial charge in [0, 0.05) is 39.3 Å². The third kappa shape index (κ3) is 2.67. The Balaban J connectivity index is 2.23. The molecule has 1 amide bonds. The molecule has 0 bridgehead atoms. The second-order valence-electron chi connectivity index (χ2n) is 3.64. The predicted octanol–water partition coefficient (Wildman–Crippen LogP) is -1.20. The summed E-state index contributed by atoms with van der Waals surface area (Å²) in [6, 6.07) is 0. The Hall–Kier alpha value is -0.650. The van der Waals surface area contributed by atoms with E-state index in [-0.39, 0.29) is 24.5 Å². The van der Waals surface area contributed by atoms with Gasteiger partial charge < -0.3 is 20.5 Å². The van der Waals surface area contributed by atoms with Gasteiger partial charge in [-0.2, -0.15) is 0 Å². The van der Waals surface area contributed by atoms with Crippen molar-refractivity contribution in [3.05, 3.63) is 0 Å².